The van der Waals surface area contributed by atoms with Crippen molar-refractivity contribution in [3.05, 3.63) is 24.3 Å². The van der Waals surface area contributed by atoms with Crippen molar-refractivity contribution in [1.29, 1.82) is 0 Å². The van der Waals surface area contributed by atoms with Crippen LogP contribution < -0.4 is 0 Å². The monoisotopic (exact) mass is 262 g/mol. The predicted octanol–water partition coefficient (Wildman–Crippen LogP) is 3.21. The molecule has 2 bridgehead atoms. The lowest BCUT2D eigenvalue weighted by atomic mass is 9.70. The third-order valence-corrected chi connectivity index (χ3v) is 6.02. The minimum Gasteiger partial charge on any atom is -0.428 e. The van der Waals surface area contributed by atoms with Crippen molar-refractivity contribution in [1.82, 2.24) is 0 Å². The van der Waals surface area contributed by atoms with Gasteiger partial charge in [0.2, 0.25) is 6.29 Å². The Morgan fingerprint density at radius 2 is 2.21 bits per heavy atom. The van der Waals surface area contributed by atoms with Gasteiger partial charge in [0.25, 0.3) is 0 Å². The van der Waals surface area contributed by atoms with Crippen molar-refractivity contribution in [3.8, 4) is 0 Å². The molecule has 0 N–H and O–H groups in total. The molecule has 1 heterocycles. The van der Waals surface area contributed by atoms with E-state index in [1.54, 1.807) is 6.08 Å². The minimum atomic E-state index is -0.554. The van der Waals surface area contributed by atoms with Crippen LogP contribution in [-0.2, 0) is 14.3 Å². The highest BCUT2D eigenvalue weighted by Crippen LogP contribution is 2.66. The summed E-state index contributed by atoms with van der Waals surface area (Å²) in [5, 5.41) is 0. The average Bonchev–Trinajstić information content (AvgIpc) is 2.87. The summed E-state index contributed by atoms with van der Waals surface area (Å²) < 4.78 is 11.4. The Hall–Kier alpha value is -1.09. The minimum absolute atomic E-state index is 0.167. The molecule has 3 aliphatic rings. The van der Waals surface area contributed by atoms with Crippen molar-refractivity contribution in [2.45, 2.75) is 52.4 Å². The Morgan fingerprint density at radius 3 is 2.74 bits per heavy atom. The highest BCUT2D eigenvalue weighted by Gasteiger charge is 2.62. The number of hydrogen-bond acceptors (Lipinski definition) is 3. The molecule has 4 atom stereocenters. The summed E-state index contributed by atoms with van der Waals surface area (Å²) in [5.41, 5.74) is 1.23. The molecule has 104 valence electrons. The van der Waals surface area contributed by atoms with E-state index in [-0.39, 0.29) is 17.5 Å². The van der Waals surface area contributed by atoms with Crippen LogP contribution in [0.3, 0.4) is 0 Å². The van der Waals surface area contributed by atoms with Gasteiger partial charge in [-0.25, -0.2) is 4.79 Å². The van der Waals surface area contributed by atoms with Gasteiger partial charge in [0, 0.05) is 11.6 Å². The summed E-state index contributed by atoms with van der Waals surface area (Å²) in [6.07, 6.45) is 6.29. The Balaban J connectivity index is 1.78. The second-order valence-corrected chi connectivity index (χ2v) is 6.85. The average molecular weight is 262 g/mol. The van der Waals surface area contributed by atoms with E-state index in [1.165, 1.54) is 18.9 Å². The van der Waals surface area contributed by atoms with Crippen LogP contribution in [0, 0.1) is 16.7 Å². The second-order valence-electron chi connectivity index (χ2n) is 6.85. The second kappa shape index (κ2) is 3.95. The molecule has 0 saturated heterocycles. The van der Waals surface area contributed by atoms with Crippen LogP contribution in [0.2, 0.25) is 0 Å². The highest BCUT2D eigenvalue weighted by atomic mass is 16.7. The molecule has 2 fully saturated rings. The molecular formula is C16H22O3. The SMILES string of the molecule is C=CC1=CC(=O)OC1O[C@H]1C[C@@H]2CC[C@@]1(C)C2(C)C. The first-order valence-corrected chi connectivity index (χ1v) is 7.08. The molecule has 1 unspecified atom stereocenters. The van der Waals surface area contributed by atoms with Crippen molar-refractivity contribution in [2.75, 3.05) is 0 Å². The molecule has 0 spiro atoms. The smallest absolute Gasteiger partial charge is 0.333 e. The number of ether oxygens (including phenoxy) is 2. The standard InChI is InChI=1S/C16H22O3/c1-5-10-8-13(17)19-14(10)18-12-9-11-6-7-16(12,4)15(11,2)3/h5,8,11-12,14H,1,6-7,9H2,2-4H3/t11-,12-,14?,16+/m0/s1. The molecule has 0 aromatic carbocycles. The van der Waals surface area contributed by atoms with Gasteiger partial charge in [-0.15, -0.1) is 0 Å². The fraction of sp³-hybridized carbons (Fsp3) is 0.688. The summed E-state index contributed by atoms with van der Waals surface area (Å²) in [5.74, 6) is 0.392. The molecule has 0 aromatic rings. The molecule has 3 nitrogen and oxygen atoms in total. The molecule has 19 heavy (non-hydrogen) atoms. The van der Waals surface area contributed by atoms with Crippen LogP contribution in [0.4, 0.5) is 0 Å². The predicted molar refractivity (Wildman–Crippen MR) is 72.3 cm³/mol. The number of esters is 1. The van der Waals surface area contributed by atoms with Gasteiger partial charge in [-0.3, -0.25) is 0 Å². The van der Waals surface area contributed by atoms with Gasteiger partial charge >= 0.3 is 5.97 Å². The summed E-state index contributed by atoms with van der Waals surface area (Å²) >= 11 is 0. The van der Waals surface area contributed by atoms with Crippen molar-refractivity contribution in [2.24, 2.45) is 16.7 Å². The molecule has 2 aliphatic carbocycles. The molecule has 0 aromatic heterocycles. The quantitative estimate of drug-likeness (QED) is 0.733. The first kappa shape index (κ1) is 12.9. The van der Waals surface area contributed by atoms with Crippen LogP contribution >= 0.6 is 0 Å². The number of hydrogen-bond donors (Lipinski definition) is 0. The van der Waals surface area contributed by atoms with Gasteiger partial charge in [-0.1, -0.05) is 33.4 Å². The molecule has 0 radical (unpaired) electrons. The third kappa shape index (κ3) is 1.64. The molecular weight excluding hydrogens is 240 g/mol. The van der Waals surface area contributed by atoms with E-state index in [9.17, 15) is 4.79 Å². The summed E-state index contributed by atoms with van der Waals surface area (Å²) in [4.78, 5) is 11.3. The van der Waals surface area contributed by atoms with E-state index < -0.39 is 6.29 Å². The number of carbonyl (C=O) groups is 1. The van der Waals surface area contributed by atoms with E-state index in [1.807, 2.05) is 0 Å². The Bertz CT molecular complexity index is 463. The van der Waals surface area contributed by atoms with Crippen LogP contribution in [-0.4, -0.2) is 18.4 Å². The zero-order valence-corrected chi connectivity index (χ0v) is 11.9. The fourth-order valence-corrected chi connectivity index (χ4v) is 4.16. The largest absolute Gasteiger partial charge is 0.428 e. The van der Waals surface area contributed by atoms with Crippen molar-refractivity contribution in [3.63, 3.8) is 0 Å². The van der Waals surface area contributed by atoms with E-state index in [0.717, 1.165) is 17.9 Å². The first-order chi connectivity index (χ1) is 8.88. The van der Waals surface area contributed by atoms with E-state index >= 15 is 0 Å². The molecule has 0 amide bonds. The number of cyclic esters (lactones) is 1. The van der Waals surface area contributed by atoms with E-state index in [4.69, 9.17) is 9.47 Å². The van der Waals surface area contributed by atoms with Crippen LogP contribution in [0.25, 0.3) is 0 Å². The summed E-state index contributed by atoms with van der Waals surface area (Å²) in [6, 6.07) is 0. The summed E-state index contributed by atoms with van der Waals surface area (Å²) in [7, 11) is 0. The maximum absolute atomic E-state index is 11.3. The molecule has 1 aliphatic heterocycles. The Kier molecular flexibility index (Phi) is 2.69. The highest BCUT2D eigenvalue weighted by molar-refractivity contribution is 5.86. The molecule has 2 saturated carbocycles. The number of fused-ring (bicyclic) bond motifs is 2. The van der Waals surface area contributed by atoms with Gasteiger partial charge in [-0.05, 0) is 36.0 Å². The topological polar surface area (TPSA) is 35.5 Å². The molecule has 3 heteroatoms. The Morgan fingerprint density at radius 1 is 1.47 bits per heavy atom. The normalized spacial score (nSPS) is 43.2. The van der Waals surface area contributed by atoms with Crippen LogP contribution in [0.1, 0.15) is 40.0 Å². The van der Waals surface area contributed by atoms with Gasteiger partial charge < -0.3 is 9.47 Å². The van der Waals surface area contributed by atoms with Crippen molar-refractivity contribution < 1.29 is 14.3 Å². The fourth-order valence-electron chi connectivity index (χ4n) is 4.16. The zero-order valence-electron chi connectivity index (χ0n) is 11.9. The van der Waals surface area contributed by atoms with E-state index in [2.05, 4.69) is 27.4 Å². The van der Waals surface area contributed by atoms with Gasteiger partial charge in [0.05, 0.1) is 6.10 Å². The maximum Gasteiger partial charge on any atom is 0.333 e. The lowest BCUT2D eigenvalue weighted by molar-refractivity contribution is -0.181. The van der Waals surface area contributed by atoms with E-state index in [0.29, 0.717) is 5.41 Å². The zero-order chi connectivity index (χ0) is 13.8. The molecule has 3 rings (SSSR count). The van der Waals surface area contributed by atoms with Gasteiger partial charge in [-0.2, -0.15) is 0 Å². The maximum atomic E-state index is 11.3. The lowest BCUT2D eigenvalue weighted by Crippen LogP contribution is -2.39. The van der Waals surface area contributed by atoms with Gasteiger partial charge in [0.1, 0.15) is 0 Å². The Labute approximate surface area is 114 Å². The number of rotatable bonds is 3. The summed E-state index contributed by atoms with van der Waals surface area (Å²) in [6.45, 7) is 10.7. The third-order valence-electron chi connectivity index (χ3n) is 6.02. The van der Waals surface area contributed by atoms with Crippen LogP contribution in [0.5, 0.6) is 0 Å². The number of carbonyl (C=O) groups excluding carboxylic acids is 1. The lowest BCUT2D eigenvalue weighted by Gasteiger charge is -2.39. The first-order valence-electron chi connectivity index (χ1n) is 7.08. The van der Waals surface area contributed by atoms with Crippen molar-refractivity contribution >= 4 is 5.97 Å². The van der Waals surface area contributed by atoms with Gasteiger partial charge in [0.15, 0.2) is 0 Å². The van der Waals surface area contributed by atoms with Crippen LogP contribution in [0.15, 0.2) is 24.3 Å².